The molecule has 3 rings (SSSR count). The van der Waals surface area contributed by atoms with Gasteiger partial charge in [0.1, 0.15) is 10.8 Å². The highest BCUT2D eigenvalue weighted by molar-refractivity contribution is 7.17. The van der Waals surface area contributed by atoms with Crippen molar-refractivity contribution in [2.45, 2.75) is 25.7 Å². The lowest BCUT2D eigenvalue weighted by molar-refractivity contribution is -0.136. The molecule has 11 heteroatoms. The summed E-state index contributed by atoms with van der Waals surface area (Å²) < 4.78 is 10.0. The number of benzene rings is 1. The summed E-state index contributed by atoms with van der Waals surface area (Å²) in [4.78, 5) is 48.5. The Kier molecular flexibility index (Phi) is 7.55. The maximum Gasteiger partial charge on any atom is 0.341 e. The van der Waals surface area contributed by atoms with Crippen LogP contribution in [0.15, 0.2) is 29.4 Å². The maximum atomic E-state index is 12.3. The summed E-state index contributed by atoms with van der Waals surface area (Å²) in [5, 5.41) is 6.55. The van der Waals surface area contributed by atoms with Crippen LogP contribution in [0.25, 0.3) is 0 Å². The molecule has 0 saturated carbocycles. The number of ether oxygens (including phenoxy) is 2. The van der Waals surface area contributed by atoms with Gasteiger partial charge >= 0.3 is 17.8 Å². The minimum Gasteiger partial charge on any atom is -0.484 e. The first-order valence-corrected chi connectivity index (χ1v) is 10.6. The monoisotopic (exact) mass is 458 g/mol. The van der Waals surface area contributed by atoms with E-state index in [1.807, 2.05) is 0 Å². The predicted molar refractivity (Wildman–Crippen MR) is 118 cm³/mol. The molecule has 0 fully saturated rings. The lowest BCUT2D eigenvalue weighted by atomic mass is 9.95. The Morgan fingerprint density at radius 1 is 1.19 bits per heavy atom. The van der Waals surface area contributed by atoms with Gasteiger partial charge in [0.15, 0.2) is 6.61 Å². The highest BCUT2D eigenvalue weighted by Gasteiger charge is 2.28. The number of rotatable bonds is 7. The Morgan fingerprint density at radius 2 is 1.97 bits per heavy atom. The number of fused-ring (bicyclic) bond motifs is 1. The summed E-state index contributed by atoms with van der Waals surface area (Å²) >= 11 is 1.28. The number of carbonyl (C=O) groups excluding carboxylic acids is 4. The number of nitrogens with two attached hydrogens (primary N) is 1. The molecule has 0 aliphatic heterocycles. The molecule has 4 N–H and O–H groups in total. The van der Waals surface area contributed by atoms with Crippen molar-refractivity contribution in [2.24, 2.45) is 10.8 Å². The van der Waals surface area contributed by atoms with Crippen LogP contribution in [-0.4, -0.2) is 43.6 Å². The number of nitrogens with zero attached hydrogens (tertiary/aromatic N) is 1. The van der Waals surface area contributed by atoms with E-state index in [1.165, 1.54) is 24.7 Å². The zero-order valence-corrected chi connectivity index (χ0v) is 18.1. The third kappa shape index (κ3) is 5.70. The van der Waals surface area contributed by atoms with Crippen LogP contribution in [0.2, 0.25) is 0 Å². The van der Waals surface area contributed by atoms with E-state index in [-0.39, 0.29) is 6.61 Å². The van der Waals surface area contributed by atoms with Gasteiger partial charge in [0, 0.05) is 4.88 Å². The molecule has 1 aliphatic carbocycles. The number of thiophene rings is 1. The molecule has 0 spiro atoms. The number of anilines is 1. The van der Waals surface area contributed by atoms with Gasteiger partial charge in [-0.05, 0) is 48.9 Å². The van der Waals surface area contributed by atoms with Gasteiger partial charge in [-0.25, -0.2) is 10.2 Å². The van der Waals surface area contributed by atoms with E-state index < -0.39 is 23.7 Å². The fourth-order valence-corrected chi connectivity index (χ4v) is 4.46. The van der Waals surface area contributed by atoms with Crippen molar-refractivity contribution in [1.29, 1.82) is 0 Å². The van der Waals surface area contributed by atoms with Crippen LogP contribution >= 0.6 is 11.3 Å². The number of primary amides is 1. The number of esters is 1. The second-order valence-corrected chi connectivity index (χ2v) is 7.99. The molecule has 3 amide bonds. The SMILES string of the molecule is COC(=O)c1c(NC(=O)C(=O)N/N=C\c2cccc(OCC(N)=O)c2)sc2c1CCCC2. The standard InChI is InChI=1S/C21H22N4O6S/c1-30-21(29)17-14-7-2-3-8-15(14)32-20(17)24-18(27)19(28)25-23-10-12-5-4-6-13(9-12)31-11-16(22)26/h4-6,9-10H,2-3,7-8,11H2,1H3,(H2,22,26)(H,24,27)(H,25,28)/b23-10-. The van der Waals surface area contributed by atoms with E-state index in [4.69, 9.17) is 15.2 Å². The van der Waals surface area contributed by atoms with E-state index in [9.17, 15) is 19.2 Å². The van der Waals surface area contributed by atoms with E-state index in [1.54, 1.807) is 24.3 Å². The maximum absolute atomic E-state index is 12.3. The van der Waals surface area contributed by atoms with Gasteiger partial charge in [0.25, 0.3) is 5.91 Å². The highest BCUT2D eigenvalue weighted by atomic mass is 32.1. The molecule has 10 nitrogen and oxygen atoms in total. The van der Waals surface area contributed by atoms with E-state index in [2.05, 4.69) is 15.8 Å². The fourth-order valence-electron chi connectivity index (χ4n) is 3.19. The molecular formula is C21H22N4O6S. The van der Waals surface area contributed by atoms with Gasteiger partial charge in [0.2, 0.25) is 0 Å². The summed E-state index contributed by atoms with van der Waals surface area (Å²) in [6, 6.07) is 6.56. The minimum atomic E-state index is -0.996. The van der Waals surface area contributed by atoms with Crippen LogP contribution in [0.1, 0.15) is 39.2 Å². The molecule has 1 aromatic heterocycles. The second-order valence-electron chi connectivity index (χ2n) is 6.89. The first-order valence-electron chi connectivity index (χ1n) is 9.77. The Balaban J connectivity index is 1.63. The molecule has 1 heterocycles. The van der Waals surface area contributed by atoms with Gasteiger partial charge in [-0.1, -0.05) is 12.1 Å². The fraction of sp³-hybridized carbons (Fsp3) is 0.286. The van der Waals surface area contributed by atoms with Crippen molar-refractivity contribution in [3.8, 4) is 5.75 Å². The molecule has 0 atom stereocenters. The number of hydrogen-bond donors (Lipinski definition) is 3. The lowest BCUT2D eigenvalue weighted by Crippen LogP contribution is -2.32. The molecule has 0 unspecified atom stereocenters. The van der Waals surface area contributed by atoms with Gasteiger partial charge in [-0.2, -0.15) is 5.10 Å². The molecule has 0 bridgehead atoms. The predicted octanol–water partition coefficient (Wildman–Crippen LogP) is 1.37. The van der Waals surface area contributed by atoms with Crippen molar-refractivity contribution < 1.29 is 28.7 Å². The van der Waals surface area contributed by atoms with Gasteiger partial charge in [0.05, 0.1) is 18.9 Å². The zero-order chi connectivity index (χ0) is 23.1. The Bertz CT molecular complexity index is 1080. The number of hydrogen-bond acceptors (Lipinski definition) is 8. The number of aryl methyl sites for hydroxylation is 1. The van der Waals surface area contributed by atoms with Gasteiger partial charge in [-0.3, -0.25) is 14.4 Å². The molecular weight excluding hydrogens is 436 g/mol. The summed E-state index contributed by atoms with van der Waals surface area (Å²) in [6.07, 6.45) is 4.81. The Labute approximate surface area is 187 Å². The third-order valence-electron chi connectivity index (χ3n) is 4.61. The summed E-state index contributed by atoms with van der Waals surface area (Å²) in [7, 11) is 1.27. The lowest BCUT2D eigenvalue weighted by Gasteiger charge is -2.11. The normalized spacial score (nSPS) is 12.7. The number of nitrogens with one attached hydrogen (secondary N) is 2. The average Bonchev–Trinajstić information content (AvgIpc) is 3.15. The summed E-state index contributed by atoms with van der Waals surface area (Å²) in [5.41, 5.74) is 8.92. The molecule has 2 aromatic rings. The van der Waals surface area contributed by atoms with Crippen molar-refractivity contribution in [3.05, 3.63) is 45.8 Å². The van der Waals surface area contributed by atoms with Gasteiger partial charge < -0.3 is 20.5 Å². The first-order chi connectivity index (χ1) is 15.4. The van der Waals surface area contributed by atoms with E-state index in [0.717, 1.165) is 36.1 Å². The molecule has 1 aromatic carbocycles. The van der Waals surface area contributed by atoms with Crippen LogP contribution in [0.3, 0.4) is 0 Å². The number of methoxy groups -OCH3 is 1. The zero-order valence-electron chi connectivity index (χ0n) is 17.3. The minimum absolute atomic E-state index is 0.267. The van der Waals surface area contributed by atoms with E-state index in [0.29, 0.717) is 21.9 Å². The quantitative estimate of drug-likeness (QED) is 0.247. The van der Waals surface area contributed by atoms with Crippen LogP contribution in [0, 0.1) is 0 Å². The molecule has 0 radical (unpaired) electrons. The van der Waals surface area contributed by atoms with Gasteiger partial charge in [-0.15, -0.1) is 11.3 Å². The van der Waals surface area contributed by atoms with Crippen molar-refractivity contribution in [1.82, 2.24) is 5.43 Å². The highest BCUT2D eigenvalue weighted by Crippen LogP contribution is 2.38. The van der Waals surface area contributed by atoms with Crippen LogP contribution in [0.4, 0.5) is 5.00 Å². The first kappa shape index (κ1) is 22.9. The number of carbonyl (C=O) groups is 4. The van der Waals surface area contributed by atoms with Crippen molar-refractivity contribution >= 4 is 46.2 Å². The summed E-state index contributed by atoms with van der Waals surface area (Å²) in [6.45, 7) is -0.267. The van der Waals surface area contributed by atoms with Crippen molar-refractivity contribution in [3.63, 3.8) is 0 Å². The average molecular weight is 458 g/mol. The Morgan fingerprint density at radius 3 is 2.72 bits per heavy atom. The van der Waals surface area contributed by atoms with E-state index >= 15 is 0 Å². The topological polar surface area (TPSA) is 149 Å². The molecule has 1 aliphatic rings. The Hall–Kier alpha value is -3.73. The number of amides is 3. The molecule has 32 heavy (non-hydrogen) atoms. The van der Waals surface area contributed by atoms with Crippen molar-refractivity contribution in [2.75, 3.05) is 19.0 Å². The van der Waals surface area contributed by atoms with Crippen LogP contribution in [0.5, 0.6) is 5.75 Å². The summed E-state index contributed by atoms with van der Waals surface area (Å²) in [5.74, 6) is -2.70. The second kappa shape index (κ2) is 10.5. The van der Waals surface area contributed by atoms with Crippen LogP contribution < -0.4 is 21.2 Å². The largest absolute Gasteiger partial charge is 0.484 e. The smallest absolute Gasteiger partial charge is 0.341 e. The number of hydrazone groups is 1. The van der Waals surface area contributed by atoms with Crippen LogP contribution in [-0.2, 0) is 32.0 Å². The third-order valence-corrected chi connectivity index (χ3v) is 5.82. The molecule has 0 saturated heterocycles. The molecule has 168 valence electrons.